The van der Waals surface area contributed by atoms with E-state index >= 15 is 0 Å². The third kappa shape index (κ3) is 7.20. The number of aryl methyl sites for hydroxylation is 4. The minimum absolute atomic E-state index is 0.857. The van der Waals surface area contributed by atoms with Crippen molar-refractivity contribution in [2.24, 2.45) is 0 Å². The predicted molar refractivity (Wildman–Crippen MR) is 209 cm³/mol. The van der Waals surface area contributed by atoms with Crippen LogP contribution in [0.3, 0.4) is 0 Å². The van der Waals surface area contributed by atoms with Crippen molar-refractivity contribution in [3.63, 3.8) is 0 Å². The average Bonchev–Trinajstić information content (AvgIpc) is 3.09. The molecule has 0 aliphatic rings. The van der Waals surface area contributed by atoms with Crippen LogP contribution in [0.1, 0.15) is 33.4 Å². The summed E-state index contributed by atoms with van der Waals surface area (Å²) in [6, 6.07) is 61.9. The highest BCUT2D eigenvalue weighted by Crippen LogP contribution is 2.44. The van der Waals surface area contributed by atoms with Crippen LogP contribution in [0.15, 0.2) is 170 Å². The van der Waals surface area contributed by atoms with Gasteiger partial charge in [-0.25, -0.2) is 0 Å². The fourth-order valence-electron chi connectivity index (χ4n) is 6.74. The van der Waals surface area contributed by atoms with Crippen LogP contribution in [0.25, 0.3) is 11.1 Å². The van der Waals surface area contributed by atoms with E-state index in [9.17, 15) is 0 Å². The molecule has 0 N–H and O–H groups in total. The molecule has 0 unspecified atom stereocenters. The lowest BCUT2D eigenvalue weighted by Gasteiger charge is -2.31. The van der Waals surface area contributed by atoms with Gasteiger partial charge in [-0.1, -0.05) is 103 Å². The van der Waals surface area contributed by atoms with Gasteiger partial charge < -0.3 is 9.80 Å². The first-order valence-corrected chi connectivity index (χ1v) is 17.1. The van der Waals surface area contributed by atoms with Crippen LogP contribution < -0.4 is 9.80 Å². The standard InChI is InChI=1S/C47H42N2/c1-34-14-10-21-41(26-34)48(42-22-11-15-35(2)27-42)45-31-40(47-25-9-8-20-39(47)30-38-18-6-5-7-19-38)32-46(33-45)49(43-23-12-16-36(3)28-43)44-24-13-17-37(4)29-44/h5-29,31-33H,30H2,1-4H3. The number of nitrogens with zero attached hydrogens (tertiary/aromatic N) is 2. The molecule has 0 heterocycles. The van der Waals surface area contributed by atoms with Crippen molar-refractivity contribution in [2.45, 2.75) is 34.1 Å². The van der Waals surface area contributed by atoms with E-state index in [2.05, 4.69) is 207 Å². The van der Waals surface area contributed by atoms with Crippen molar-refractivity contribution >= 4 is 34.1 Å². The van der Waals surface area contributed by atoms with Gasteiger partial charge in [0.1, 0.15) is 0 Å². The number of anilines is 6. The van der Waals surface area contributed by atoms with Crippen molar-refractivity contribution in [1.82, 2.24) is 0 Å². The zero-order valence-corrected chi connectivity index (χ0v) is 28.8. The second-order valence-electron chi connectivity index (χ2n) is 13.1. The highest BCUT2D eigenvalue weighted by molar-refractivity contribution is 5.88. The third-order valence-corrected chi connectivity index (χ3v) is 9.02. The first kappa shape index (κ1) is 31.7. The molecular weight excluding hydrogens is 593 g/mol. The molecular formula is C47H42N2. The molecule has 49 heavy (non-hydrogen) atoms. The van der Waals surface area contributed by atoms with Gasteiger partial charge >= 0.3 is 0 Å². The summed E-state index contributed by atoms with van der Waals surface area (Å²) in [5.74, 6) is 0. The molecule has 0 amide bonds. The lowest BCUT2D eigenvalue weighted by Crippen LogP contribution is -2.14. The van der Waals surface area contributed by atoms with Crippen molar-refractivity contribution < 1.29 is 0 Å². The molecule has 7 aromatic carbocycles. The number of benzene rings is 7. The zero-order chi connectivity index (χ0) is 33.7. The second kappa shape index (κ2) is 14.1. The molecule has 0 radical (unpaired) electrons. The van der Waals surface area contributed by atoms with Crippen LogP contribution in [0.5, 0.6) is 0 Å². The Kier molecular flexibility index (Phi) is 9.12. The Labute approximate surface area is 291 Å². The summed E-state index contributed by atoms with van der Waals surface area (Å²) >= 11 is 0. The summed E-state index contributed by atoms with van der Waals surface area (Å²) in [6.45, 7) is 8.65. The Morgan fingerprint density at radius 1 is 0.347 bits per heavy atom. The van der Waals surface area contributed by atoms with Crippen molar-refractivity contribution in [3.8, 4) is 11.1 Å². The van der Waals surface area contributed by atoms with Gasteiger partial charge in [-0.15, -0.1) is 0 Å². The molecule has 0 aromatic heterocycles. The van der Waals surface area contributed by atoms with Gasteiger partial charge in [0.15, 0.2) is 0 Å². The molecule has 7 aromatic rings. The lowest BCUT2D eigenvalue weighted by molar-refractivity contribution is 1.19. The Hall–Kier alpha value is -5.86. The lowest BCUT2D eigenvalue weighted by atomic mass is 9.93. The van der Waals surface area contributed by atoms with Gasteiger partial charge in [-0.2, -0.15) is 0 Å². The van der Waals surface area contributed by atoms with Crippen LogP contribution in [0.2, 0.25) is 0 Å². The minimum Gasteiger partial charge on any atom is -0.310 e. The zero-order valence-electron chi connectivity index (χ0n) is 28.8. The Bertz CT molecular complexity index is 2010. The molecule has 0 fully saturated rings. The van der Waals surface area contributed by atoms with Gasteiger partial charge in [0, 0.05) is 34.1 Å². The number of hydrogen-bond donors (Lipinski definition) is 0. The van der Waals surface area contributed by atoms with Crippen LogP contribution in [0.4, 0.5) is 34.1 Å². The van der Waals surface area contributed by atoms with Crippen molar-refractivity contribution in [1.29, 1.82) is 0 Å². The maximum absolute atomic E-state index is 2.40. The maximum atomic E-state index is 2.40. The summed E-state index contributed by atoms with van der Waals surface area (Å²) < 4.78 is 0. The summed E-state index contributed by atoms with van der Waals surface area (Å²) in [7, 11) is 0. The van der Waals surface area contributed by atoms with E-state index in [0.717, 1.165) is 40.5 Å². The van der Waals surface area contributed by atoms with E-state index in [4.69, 9.17) is 0 Å². The molecule has 0 saturated carbocycles. The average molecular weight is 635 g/mol. The van der Waals surface area contributed by atoms with E-state index < -0.39 is 0 Å². The van der Waals surface area contributed by atoms with Gasteiger partial charge in [-0.05, 0) is 145 Å². The largest absolute Gasteiger partial charge is 0.310 e. The third-order valence-electron chi connectivity index (χ3n) is 9.02. The van der Waals surface area contributed by atoms with Gasteiger partial charge in [-0.3, -0.25) is 0 Å². The first-order chi connectivity index (χ1) is 23.9. The second-order valence-corrected chi connectivity index (χ2v) is 13.1. The molecule has 0 spiro atoms. The highest BCUT2D eigenvalue weighted by atomic mass is 15.2. The molecule has 240 valence electrons. The summed E-state index contributed by atoms with van der Waals surface area (Å²) in [5, 5.41) is 0. The van der Waals surface area contributed by atoms with Crippen LogP contribution in [0, 0.1) is 27.7 Å². The van der Waals surface area contributed by atoms with Crippen LogP contribution in [-0.4, -0.2) is 0 Å². The molecule has 0 aliphatic heterocycles. The topological polar surface area (TPSA) is 6.48 Å². The summed E-state index contributed by atoms with van der Waals surface area (Å²) in [6.07, 6.45) is 0.857. The smallest absolute Gasteiger partial charge is 0.0488 e. The van der Waals surface area contributed by atoms with Crippen molar-refractivity contribution in [3.05, 3.63) is 203 Å². The highest BCUT2D eigenvalue weighted by Gasteiger charge is 2.20. The van der Waals surface area contributed by atoms with Gasteiger partial charge in [0.2, 0.25) is 0 Å². The van der Waals surface area contributed by atoms with Gasteiger partial charge in [0.05, 0.1) is 0 Å². The molecule has 0 saturated heterocycles. The molecule has 2 heteroatoms. The minimum atomic E-state index is 0.857. The predicted octanol–water partition coefficient (Wildman–Crippen LogP) is 13.1. The number of hydrogen-bond acceptors (Lipinski definition) is 2. The van der Waals surface area contributed by atoms with E-state index in [1.807, 2.05) is 0 Å². The summed E-state index contributed by atoms with van der Waals surface area (Å²) in [5.41, 5.74) is 16.6. The van der Waals surface area contributed by atoms with E-state index in [1.54, 1.807) is 0 Å². The Balaban J connectivity index is 1.51. The van der Waals surface area contributed by atoms with E-state index in [0.29, 0.717) is 0 Å². The monoisotopic (exact) mass is 634 g/mol. The Morgan fingerprint density at radius 2 is 0.755 bits per heavy atom. The SMILES string of the molecule is Cc1cccc(N(c2cccc(C)c2)c2cc(-c3ccccc3Cc3ccccc3)cc(N(c3cccc(C)c3)c3cccc(C)c3)c2)c1. The van der Waals surface area contributed by atoms with Crippen molar-refractivity contribution in [2.75, 3.05) is 9.80 Å². The molecule has 0 bridgehead atoms. The quantitative estimate of drug-likeness (QED) is 0.156. The van der Waals surface area contributed by atoms with E-state index in [-0.39, 0.29) is 0 Å². The van der Waals surface area contributed by atoms with Crippen LogP contribution >= 0.6 is 0 Å². The molecule has 2 nitrogen and oxygen atoms in total. The fourth-order valence-corrected chi connectivity index (χ4v) is 6.74. The first-order valence-electron chi connectivity index (χ1n) is 17.1. The van der Waals surface area contributed by atoms with E-state index in [1.165, 1.54) is 44.5 Å². The Morgan fingerprint density at radius 3 is 1.18 bits per heavy atom. The van der Waals surface area contributed by atoms with Gasteiger partial charge in [0.25, 0.3) is 0 Å². The molecule has 0 atom stereocenters. The summed E-state index contributed by atoms with van der Waals surface area (Å²) in [4.78, 5) is 4.80. The van der Waals surface area contributed by atoms with Crippen LogP contribution in [-0.2, 0) is 6.42 Å². The molecule has 0 aliphatic carbocycles. The molecule has 7 rings (SSSR count). The fraction of sp³-hybridized carbons (Fsp3) is 0.106. The number of rotatable bonds is 9. The normalized spacial score (nSPS) is 10.9. The maximum Gasteiger partial charge on any atom is 0.0488 e.